The highest BCUT2D eigenvalue weighted by Crippen LogP contribution is 2.30. The zero-order chi connectivity index (χ0) is 14.6. The molecule has 0 unspecified atom stereocenters. The van der Waals surface area contributed by atoms with Gasteiger partial charge in [0.25, 0.3) is 0 Å². The van der Waals surface area contributed by atoms with Crippen LogP contribution in [-0.2, 0) is 4.79 Å². The Bertz CT molecular complexity index is 353. The summed E-state index contributed by atoms with van der Waals surface area (Å²) >= 11 is 0. The molecule has 18 heavy (non-hydrogen) atoms. The molecule has 0 saturated carbocycles. The molecule has 0 atom stereocenters. The van der Waals surface area contributed by atoms with Crippen molar-refractivity contribution < 1.29 is 14.7 Å². The van der Waals surface area contributed by atoms with Crippen LogP contribution in [0.4, 0.5) is 4.79 Å². The van der Waals surface area contributed by atoms with Crippen molar-refractivity contribution in [2.75, 3.05) is 6.54 Å². The van der Waals surface area contributed by atoms with Crippen LogP contribution in [0.25, 0.3) is 0 Å². The van der Waals surface area contributed by atoms with Gasteiger partial charge in [-0.2, -0.15) is 0 Å². The smallest absolute Gasteiger partial charge is 0.315 e. The van der Waals surface area contributed by atoms with Crippen molar-refractivity contribution in [2.45, 2.75) is 47.1 Å². The Labute approximate surface area is 109 Å². The zero-order valence-electron chi connectivity index (χ0n) is 12.0. The number of carboxylic acids is 1. The van der Waals surface area contributed by atoms with Gasteiger partial charge in [0.1, 0.15) is 0 Å². The summed E-state index contributed by atoms with van der Waals surface area (Å²) in [6.45, 7) is 10.9. The summed E-state index contributed by atoms with van der Waals surface area (Å²) in [5, 5.41) is 14.5. The number of rotatable bonds is 5. The van der Waals surface area contributed by atoms with Gasteiger partial charge in [0.2, 0.25) is 0 Å². The minimum absolute atomic E-state index is 0.369. The minimum Gasteiger partial charge on any atom is -0.481 e. The van der Waals surface area contributed by atoms with E-state index in [4.69, 9.17) is 5.11 Å². The molecule has 0 rings (SSSR count). The second kappa shape index (κ2) is 5.89. The SMILES string of the molecule is CC(C)=CCNC(=O)NC(C)(C)C(C)(C)C(=O)O. The highest BCUT2D eigenvalue weighted by molar-refractivity contribution is 5.79. The average molecular weight is 256 g/mol. The summed E-state index contributed by atoms with van der Waals surface area (Å²) in [6.07, 6.45) is 1.88. The molecule has 5 nitrogen and oxygen atoms in total. The Morgan fingerprint density at radius 3 is 2.06 bits per heavy atom. The molecule has 104 valence electrons. The molecule has 0 aromatic carbocycles. The monoisotopic (exact) mass is 256 g/mol. The molecule has 0 radical (unpaired) electrons. The topological polar surface area (TPSA) is 78.4 Å². The third-order valence-electron chi connectivity index (χ3n) is 3.30. The number of amides is 2. The van der Waals surface area contributed by atoms with E-state index in [9.17, 15) is 9.59 Å². The van der Waals surface area contributed by atoms with Gasteiger partial charge in [-0.3, -0.25) is 4.79 Å². The Kier molecular flexibility index (Phi) is 5.39. The first kappa shape index (κ1) is 16.5. The molecular formula is C13H24N2O3. The van der Waals surface area contributed by atoms with Crippen molar-refractivity contribution >= 4 is 12.0 Å². The Morgan fingerprint density at radius 1 is 1.17 bits per heavy atom. The molecule has 0 spiro atoms. The maximum absolute atomic E-state index is 11.7. The number of carboxylic acid groups (broad SMARTS) is 1. The number of urea groups is 1. The first-order valence-corrected chi connectivity index (χ1v) is 5.93. The third-order valence-corrected chi connectivity index (χ3v) is 3.30. The van der Waals surface area contributed by atoms with Gasteiger partial charge in [-0.25, -0.2) is 4.79 Å². The maximum atomic E-state index is 11.7. The zero-order valence-corrected chi connectivity index (χ0v) is 12.0. The normalized spacial score (nSPS) is 11.7. The number of carbonyl (C=O) groups excluding carboxylic acids is 1. The highest BCUT2D eigenvalue weighted by Gasteiger charge is 2.44. The fourth-order valence-electron chi connectivity index (χ4n) is 1.10. The molecule has 3 N–H and O–H groups in total. The molecule has 0 heterocycles. The Balaban J connectivity index is 4.55. The van der Waals surface area contributed by atoms with Crippen LogP contribution in [0.1, 0.15) is 41.5 Å². The number of hydrogen-bond acceptors (Lipinski definition) is 2. The lowest BCUT2D eigenvalue weighted by Crippen LogP contribution is -2.59. The molecular weight excluding hydrogens is 232 g/mol. The number of carbonyl (C=O) groups is 2. The first-order valence-electron chi connectivity index (χ1n) is 5.93. The van der Waals surface area contributed by atoms with E-state index >= 15 is 0 Å². The van der Waals surface area contributed by atoms with Crippen molar-refractivity contribution in [3.63, 3.8) is 0 Å². The van der Waals surface area contributed by atoms with Gasteiger partial charge < -0.3 is 15.7 Å². The summed E-state index contributed by atoms with van der Waals surface area (Å²) in [6, 6.07) is -0.369. The number of allylic oxidation sites excluding steroid dienone is 1. The van der Waals surface area contributed by atoms with E-state index in [1.807, 2.05) is 19.9 Å². The van der Waals surface area contributed by atoms with E-state index in [0.717, 1.165) is 5.57 Å². The lowest BCUT2D eigenvalue weighted by atomic mass is 9.74. The summed E-state index contributed by atoms with van der Waals surface area (Å²) < 4.78 is 0. The molecule has 0 aliphatic rings. The van der Waals surface area contributed by atoms with Crippen molar-refractivity contribution in [3.05, 3.63) is 11.6 Å². The van der Waals surface area contributed by atoms with Gasteiger partial charge in [-0.15, -0.1) is 0 Å². The molecule has 2 amide bonds. The van der Waals surface area contributed by atoms with Crippen LogP contribution in [0.2, 0.25) is 0 Å². The molecule has 0 saturated heterocycles. The van der Waals surface area contributed by atoms with Crippen LogP contribution in [0.3, 0.4) is 0 Å². The average Bonchev–Trinajstić information content (AvgIpc) is 2.15. The largest absolute Gasteiger partial charge is 0.481 e. The van der Waals surface area contributed by atoms with Crippen LogP contribution in [-0.4, -0.2) is 29.2 Å². The predicted molar refractivity (Wildman–Crippen MR) is 71.5 cm³/mol. The van der Waals surface area contributed by atoms with Crippen LogP contribution in [0.15, 0.2) is 11.6 Å². The van der Waals surface area contributed by atoms with E-state index in [1.54, 1.807) is 27.7 Å². The number of hydrogen-bond donors (Lipinski definition) is 3. The molecule has 0 aliphatic carbocycles. The number of aliphatic carboxylic acids is 1. The van der Waals surface area contributed by atoms with Crippen molar-refractivity contribution in [1.82, 2.24) is 10.6 Å². The van der Waals surface area contributed by atoms with Crippen LogP contribution in [0, 0.1) is 5.41 Å². The van der Waals surface area contributed by atoms with Gasteiger partial charge in [0.05, 0.1) is 11.0 Å². The van der Waals surface area contributed by atoms with Gasteiger partial charge in [-0.1, -0.05) is 11.6 Å². The van der Waals surface area contributed by atoms with Crippen molar-refractivity contribution in [2.24, 2.45) is 5.41 Å². The standard InChI is InChI=1S/C13H24N2O3/c1-9(2)7-8-14-11(18)15-13(5,6)12(3,4)10(16)17/h7H,8H2,1-6H3,(H,16,17)(H2,14,15,18). The summed E-state index contributed by atoms with van der Waals surface area (Å²) in [4.78, 5) is 22.8. The van der Waals surface area contributed by atoms with E-state index in [1.165, 1.54) is 0 Å². The molecule has 0 aliphatic heterocycles. The van der Waals surface area contributed by atoms with E-state index in [0.29, 0.717) is 6.54 Å². The van der Waals surface area contributed by atoms with Crippen LogP contribution < -0.4 is 10.6 Å². The van der Waals surface area contributed by atoms with Crippen LogP contribution >= 0.6 is 0 Å². The second-order valence-corrected chi connectivity index (χ2v) is 5.67. The fourth-order valence-corrected chi connectivity index (χ4v) is 1.10. The second-order valence-electron chi connectivity index (χ2n) is 5.67. The van der Waals surface area contributed by atoms with Crippen molar-refractivity contribution in [1.29, 1.82) is 0 Å². The van der Waals surface area contributed by atoms with Gasteiger partial charge in [0.15, 0.2) is 0 Å². The van der Waals surface area contributed by atoms with Gasteiger partial charge in [-0.05, 0) is 41.5 Å². The summed E-state index contributed by atoms with van der Waals surface area (Å²) in [5.74, 6) is -0.947. The van der Waals surface area contributed by atoms with E-state index in [2.05, 4.69) is 10.6 Å². The molecule has 0 aromatic heterocycles. The van der Waals surface area contributed by atoms with Gasteiger partial charge in [0, 0.05) is 6.54 Å². The summed E-state index contributed by atoms with van der Waals surface area (Å²) in [7, 11) is 0. The van der Waals surface area contributed by atoms with E-state index < -0.39 is 16.9 Å². The first-order chi connectivity index (χ1) is 8.00. The quantitative estimate of drug-likeness (QED) is 0.659. The van der Waals surface area contributed by atoms with Gasteiger partial charge >= 0.3 is 12.0 Å². The fraction of sp³-hybridized carbons (Fsp3) is 0.692. The van der Waals surface area contributed by atoms with E-state index in [-0.39, 0.29) is 6.03 Å². The predicted octanol–water partition coefficient (Wildman–Crippen LogP) is 2.14. The number of nitrogens with one attached hydrogen (secondary N) is 2. The molecule has 0 aromatic rings. The van der Waals surface area contributed by atoms with Crippen LogP contribution in [0.5, 0.6) is 0 Å². The lowest BCUT2D eigenvalue weighted by Gasteiger charge is -2.38. The van der Waals surface area contributed by atoms with Crippen molar-refractivity contribution in [3.8, 4) is 0 Å². The molecule has 0 bridgehead atoms. The Hall–Kier alpha value is -1.52. The summed E-state index contributed by atoms with van der Waals surface area (Å²) in [5.41, 5.74) is -0.796. The Morgan fingerprint density at radius 2 is 1.67 bits per heavy atom. The lowest BCUT2D eigenvalue weighted by molar-refractivity contribution is -0.150. The highest BCUT2D eigenvalue weighted by atomic mass is 16.4. The maximum Gasteiger partial charge on any atom is 0.315 e. The minimum atomic E-state index is -1.05. The molecule has 0 fully saturated rings. The molecule has 5 heteroatoms. The third kappa shape index (κ3) is 4.39.